The van der Waals surface area contributed by atoms with Crippen molar-refractivity contribution in [1.82, 2.24) is 19.9 Å². The maximum absolute atomic E-state index is 12.7. The van der Waals surface area contributed by atoms with Crippen molar-refractivity contribution in [3.8, 4) is 28.7 Å². The molecule has 0 bridgehead atoms. The van der Waals surface area contributed by atoms with Gasteiger partial charge in [-0.15, -0.1) is 0 Å². The Morgan fingerprint density at radius 3 is 2.37 bits per heavy atom. The van der Waals surface area contributed by atoms with Gasteiger partial charge in [0.2, 0.25) is 11.3 Å². The molecule has 30 heavy (non-hydrogen) atoms. The van der Waals surface area contributed by atoms with Gasteiger partial charge in [0.15, 0.2) is 5.69 Å². The molecule has 0 saturated heterocycles. The third-order valence-corrected chi connectivity index (χ3v) is 4.66. The van der Waals surface area contributed by atoms with Gasteiger partial charge in [0.05, 0.1) is 11.3 Å². The van der Waals surface area contributed by atoms with Crippen LogP contribution in [0, 0.1) is 13.8 Å². The third-order valence-electron chi connectivity index (χ3n) is 4.66. The first-order valence-corrected chi connectivity index (χ1v) is 8.92. The summed E-state index contributed by atoms with van der Waals surface area (Å²) in [5, 5.41) is 8.06. The van der Waals surface area contributed by atoms with Crippen LogP contribution in [-0.2, 0) is 6.18 Å². The van der Waals surface area contributed by atoms with Gasteiger partial charge in [-0.1, -0.05) is 23.4 Å². The number of halogens is 3. The van der Waals surface area contributed by atoms with Crippen LogP contribution < -0.4 is 5.43 Å². The number of nitrogens with zero attached hydrogens (tertiary/aromatic N) is 4. The average molecular weight is 412 g/mol. The summed E-state index contributed by atoms with van der Waals surface area (Å²) in [5.74, 6) is -0.0606. The minimum atomic E-state index is -4.44. The summed E-state index contributed by atoms with van der Waals surface area (Å²) in [6, 6.07) is 11.4. The number of aryl methyl sites for hydroxylation is 2. The van der Waals surface area contributed by atoms with Crippen molar-refractivity contribution in [3.05, 3.63) is 81.6 Å². The first kappa shape index (κ1) is 19.6. The summed E-state index contributed by atoms with van der Waals surface area (Å²) in [5.41, 5.74) is 2.01. The van der Waals surface area contributed by atoms with Crippen LogP contribution in [0.15, 0.2) is 64.0 Å². The third kappa shape index (κ3) is 3.73. The molecule has 0 aliphatic heterocycles. The zero-order chi connectivity index (χ0) is 21.5. The largest absolute Gasteiger partial charge is 0.416 e. The molecule has 0 aliphatic rings. The second kappa shape index (κ2) is 7.25. The first-order valence-electron chi connectivity index (χ1n) is 8.92. The van der Waals surface area contributed by atoms with Gasteiger partial charge in [-0.25, -0.2) is 4.68 Å². The summed E-state index contributed by atoms with van der Waals surface area (Å²) in [6.45, 7) is 3.96. The van der Waals surface area contributed by atoms with Crippen molar-refractivity contribution in [2.45, 2.75) is 20.0 Å². The summed E-state index contributed by atoms with van der Waals surface area (Å²) >= 11 is 0. The summed E-state index contributed by atoms with van der Waals surface area (Å²) < 4.78 is 44.8. The van der Waals surface area contributed by atoms with E-state index in [0.29, 0.717) is 5.56 Å². The fourth-order valence-electron chi connectivity index (χ4n) is 2.81. The Kier molecular flexibility index (Phi) is 4.73. The van der Waals surface area contributed by atoms with Gasteiger partial charge in [0, 0.05) is 17.8 Å². The first-order chi connectivity index (χ1) is 14.2. The Hall–Kier alpha value is -3.75. The minimum Gasteiger partial charge on any atom is -0.332 e. The fourth-order valence-corrected chi connectivity index (χ4v) is 2.81. The van der Waals surface area contributed by atoms with Crippen LogP contribution in [0.25, 0.3) is 28.7 Å². The molecule has 0 atom stereocenters. The number of hydrogen-bond acceptors (Lipinski definition) is 5. The van der Waals surface area contributed by atoms with Crippen LogP contribution in [0.4, 0.5) is 13.2 Å². The molecule has 2 aromatic carbocycles. The van der Waals surface area contributed by atoms with Gasteiger partial charge in [-0.2, -0.15) is 23.3 Å². The van der Waals surface area contributed by atoms with Gasteiger partial charge in [0.1, 0.15) is 0 Å². The molecule has 0 radical (unpaired) electrons. The molecular weight excluding hydrogens is 397 g/mol. The average Bonchev–Trinajstić information content (AvgIpc) is 3.20. The van der Waals surface area contributed by atoms with E-state index in [0.717, 1.165) is 28.9 Å². The van der Waals surface area contributed by atoms with Crippen molar-refractivity contribution < 1.29 is 17.7 Å². The van der Waals surface area contributed by atoms with Crippen molar-refractivity contribution in [2.75, 3.05) is 0 Å². The number of aromatic nitrogens is 4. The number of alkyl halides is 3. The van der Waals surface area contributed by atoms with E-state index in [4.69, 9.17) is 4.52 Å². The van der Waals surface area contributed by atoms with E-state index in [1.165, 1.54) is 29.1 Å². The molecule has 0 N–H and O–H groups in total. The maximum Gasteiger partial charge on any atom is 0.416 e. The van der Waals surface area contributed by atoms with Crippen molar-refractivity contribution >= 4 is 0 Å². The highest BCUT2D eigenvalue weighted by Gasteiger charge is 2.30. The standard InChI is InChI=1S/C21H15F3N4O2/c1-12-3-8-16(11-13(12)2)28-10-9-17(29)18(26-28)20-25-19(27-30-20)14-4-6-15(7-5-14)21(22,23)24/h3-11H,1-2H3. The number of benzene rings is 2. The molecule has 9 heteroatoms. The van der Waals surface area contributed by atoms with Gasteiger partial charge in [0.25, 0.3) is 5.89 Å². The van der Waals surface area contributed by atoms with E-state index in [1.807, 2.05) is 32.0 Å². The molecule has 152 valence electrons. The molecule has 0 fully saturated rings. The maximum atomic E-state index is 12.7. The summed E-state index contributed by atoms with van der Waals surface area (Å²) in [4.78, 5) is 16.4. The minimum absolute atomic E-state index is 0.0543. The smallest absolute Gasteiger partial charge is 0.332 e. The lowest BCUT2D eigenvalue weighted by atomic mass is 10.1. The molecule has 2 aromatic heterocycles. The Morgan fingerprint density at radius 1 is 0.967 bits per heavy atom. The van der Waals surface area contributed by atoms with Gasteiger partial charge in [-0.05, 0) is 49.2 Å². The molecular formula is C21H15F3N4O2. The second-order valence-electron chi connectivity index (χ2n) is 6.74. The molecule has 4 rings (SSSR count). The van der Waals surface area contributed by atoms with E-state index in [2.05, 4.69) is 15.2 Å². The molecule has 6 nitrogen and oxygen atoms in total. The van der Waals surface area contributed by atoms with E-state index in [1.54, 1.807) is 0 Å². The topological polar surface area (TPSA) is 73.8 Å². The van der Waals surface area contributed by atoms with E-state index in [-0.39, 0.29) is 17.4 Å². The Labute approximate surface area is 168 Å². The SMILES string of the molecule is Cc1ccc(-n2ccc(=O)c(-c3nc(-c4ccc(C(F)(F)F)cc4)no3)n2)cc1C. The van der Waals surface area contributed by atoms with Crippen LogP contribution in [0.3, 0.4) is 0 Å². The normalized spacial score (nSPS) is 11.6. The number of hydrogen-bond donors (Lipinski definition) is 0. The van der Waals surface area contributed by atoms with Gasteiger partial charge >= 0.3 is 6.18 Å². The second-order valence-corrected chi connectivity index (χ2v) is 6.74. The summed E-state index contributed by atoms with van der Waals surface area (Å²) in [6.07, 6.45) is -2.91. The predicted molar refractivity (Wildman–Crippen MR) is 103 cm³/mol. The molecule has 0 saturated carbocycles. The van der Waals surface area contributed by atoms with Crippen molar-refractivity contribution in [2.24, 2.45) is 0 Å². The number of rotatable bonds is 3. The van der Waals surface area contributed by atoms with E-state index in [9.17, 15) is 18.0 Å². The molecule has 0 spiro atoms. The molecule has 0 amide bonds. The lowest BCUT2D eigenvalue weighted by molar-refractivity contribution is -0.137. The monoisotopic (exact) mass is 412 g/mol. The lowest BCUT2D eigenvalue weighted by Crippen LogP contribution is -2.12. The van der Waals surface area contributed by atoms with Gasteiger partial charge < -0.3 is 4.52 Å². The van der Waals surface area contributed by atoms with Crippen LogP contribution in [-0.4, -0.2) is 19.9 Å². The Balaban J connectivity index is 1.69. The highest BCUT2D eigenvalue weighted by atomic mass is 19.4. The van der Waals surface area contributed by atoms with Crippen LogP contribution in [0.5, 0.6) is 0 Å². The van der Waals surface area contributed by atoms with Gasteiger partial charge in [-0.3, -0.25) is 4.79 Å². The molecule has 2 heterocycles. The quantitative estimate of drug-likeness (QED) is 0.492. The molecule has 4 aromatic rings. The zero-order valence-corrected chi connectivity index (χ0v) is 15.9. The Bertz CT molecular complexity index is 1270. The van der Waals surface area contributed by atoms with Crippen LogP contribution in [0.1, 0.15) is 16.7 Å². The predicted octanol–water partition coefficient (Wildman–Crippen LogP) is 4.59. The van der Waals surface area contributed by atoms with Crippen LogP contribution >= 0.6 is 0 Å². The van der Waals surface area contributed by atoms with Crippen LogP contribution in [0.2, 0.25) is 0 Å². The fraction of sp³-hybridized carbons (Fsp3) is 0.143. The Morgan fingerprint density at radius 2 is 1.70 bits per heavy atom. The highest BCUT2D eigenvalue weighted by Crippen LogP contribution is 2.30. The van der Waals surface area contributed by atoms with Crippen molar-refractivity contribution in [1.29, 1.82) is 0 Å². The molecule has 0 aliphatic carbocycles. The highest BCUT2D eigenvalue weighted by molar-refractivity contribution is 5.58. The zero-order valence-electron chi connectivity index (χ0n) is 15.9. The lowest BCUT2D eigenvalue weighted by Gasteiger charge is -2.08. The van der Waals surface area contributed by atoms with E-state index < -0.39 is 17.2 Å². The van der Waals surface area contributed by atoms with E-state index >= 15 is 0 Å². The molecule has 0 unspecified atom stereocenters. The van der Waals surface area contributed by atoms with Crippen molar-refractivity contribution in [3.63, 3.8) is 0 Å². The summed E-state index contributed by atoms with van der Waals surface area (Å²) in [7, 11) is 0.